The molecule has 2 aromatic rings. The van der Waals surface area contributed by atoms with E-state index in [0.717, 1.165) is 18.0 Å². The van der Waals surface area contributed by atoms with Crippen LogP contribution in [0.2, 0.25) is 0 Å². The van der Waals surface area contributed by atoms with E-state index in [0.29, 0.717) is 6.04 Å². The van der Waals surface area contributed by atoms with Crippen LogP contribution in [0.4, 0.5) is 0 Å². The van der Waals surface area contributed by atoms with Crippen LogP contribution in [0.1, 0.15) is 32.5 Å². The number of aromatic nitrogens is 3. The van der Waals surface area contributed by atoms with Crippen LogP contribution in [0.3, 0.4) is 0 Å². The number of hydrogen-bond acceptors (Lipinski definition) is 3. The molecule has 0 aliphatic carbocycles. The van der Waals surface area contributed by atoms with E-state index in [1.807, 2.05) is 28.8 Å². The van der Waals surface area contributed by atoms with Crippen molar-refractivity contribution in [2.45, 2.75) is 39.3 Å². The molecule has 0 fully saturated rings. The van der Waals surface area contributed by atoms with Crippen LogP contribution < -0.4 is 5.32 Å². The zero-order valence-corrected chi connectivity index (χ0v) is 9.85. The minimum absolute atomic E-state index is 0.529. The summed E-state index contributed by atoms with van der Waals surface area (Å²) in [4.78, 5) is 0. The maximum absolute atomic E-state index is 4.18. The minimum atomic E-state index is 0.529. The Balaban J connectivity index is 2.04. The molecule has 0 bridgehead atoms. The molecular weight excluding hydrogens is 200 g/mol. The number of pyridine rings is 1. The van der Waals surface area contributed by atoms with Crippen LogP contribution in [0, 0.1) is 0 Å². The Morgan fingerprint density at radius 3 is 3.06 bits per heavy atom. The molecule has 0 aromatic carbocycles. The highest BCUT2D eigenvalue weighted by molar-refractivity contribution is 5.36. The molecule has 2 aromatic heterocycles. The lowest BCUT2D eigenvalue weighted by molar-refractivity contribution is 0.498. The second-order valence-electron chi connectivity index (χ2n) is 4.12. The molecule has 4 nitrogen and oxygen atoms in total. The van der Waals surface area contributed by atoms with Gasteiger partial charge in [0, 0.05) is 12.2 Å². The Morgan fingerprint density at radius 1 is 1.38 bits per heavy atom. The zero-order valence-electron chi connectivity index (χ0n) is 9.85. The monoisotopic (exact) mass is 218 g/mol. The highest BCUT2D eigenvalue weighted by Gasteiger charge is 2.05. The number of fused-ring (bicyclic) bond motifs is 1. The normalized spacial score (nSPS) is 13.1. The Labute approximate surface area is 95.7 Å². The lowest BCUT2D eigenvalue weighted by atomic mass is 10.2. The fourth-order valence-electron chi connectivity index (χ4n) is 1.81. The zero-order chi connectivity index (χ0) is 11.4. The number of hydrogen-bond donors (Lipinski definition) is 1. The maximum Gasteiger partial charge on any atom is 0.160 e. The van der Waals surface area contributed by atoms with Gasteiger partial charge >= 0.3 is 0 Å². The fourth-order valence-corrected chi connectivity index (χ4v) is 1.81. The quantitative estimate of drug-likeness (QED) is 0.834. The molecule has 0 radical (unpaired) electrons. The second-order valence-corrected chi connectivity index (χ2v) is 4.12. The third-order valence-electron chi connectivity index (χ3n) is 2.71. The van der Waals surface area contributed by atoms with E-state index in [4.69, 9.17) is 0 Å². The fraction of sp³-hybridized carbons (Fsp3) is 0.500. The van der Waals surface area contributed by atoms with Crippen molar-refractivity contribution in [2.75, 3.05) is 0 Å². The molecular formula is C12H18N4. The molecule has 1 N–H and O–H groups in total. The van der Waals surface area contributed by atoms with Gasteiger partial charge in [0.2, 0.25) is 0 Å². The Hall–Kier alpha value is -1.42. The average molecular weight is 218 g/mol. The highest BCUT2D eigenvalue weighted by atomic mass is 15.3. The molecule has 0 amide bonds. The molecule has 16 heavy (non-hydrogen) atoms. The summed E-state index contributed by atoms with van der Waals surface area (Å²) >= 11 is 0. The summed E-state index contributed by atoms with van der Waals surface area (Å²) in [5.41, 5.74) is 0.905. The van der Waals surface area contributed by atoms with Crippen molar-refractivity contribution in [3.63, 3.8) is 0 Å². The van der Waals surface area contributed by atoms with Crippen molar-refractivity contribution in [3.8, 4) is 0 Å². The predicted octanol–water partition coefficient (Wildman–Crippen LogP) is 2.01. The minimum Gasteiger partial charge on any atom is -0.307 e. The molecule has 0 spiro atoms. The lowest BCUT2D eigenvalue weighted by Crippen LogP contribution is -2.26. The van der Waals surface area contributed by atoms with Crippen molar-refractivity contribution in [1.29, 1.82) is 0 Å². The van der Waals surface area contributed by atoms with Gasteiger partial charge in [-0.25, -0.2) is 0 Å². The molecule has 0 aliphatic rings. The van der Waals surface area contributed by atoms with Gasteiger partial charge in [-0.3, -0.25) is 4.40 Å². The van der Waals surface area contributed by atoms with Crippen LogP contribution in [-0.4, -0.2) is 20.6 Å². The third-order valence-corrected chi connectivity index (χ3v) is 2.71. The van der Waals surface area contributed by atoms with Crippen LogP contribution in [-0.2, 0) is 6.54 Å². The van der Waals surface area contributed by atoms with Crippen molar-refractivity contribution in [3.05, 3.63) is 30.2 Å². The summed E-state index contributed by atoms with van der Waals surface area (Å²) in [5.74, 6) is 0.971. The largest absolute Gasteiger partial charge is 0.307 e. The summed E-state index contributed by atoms with van der Waals surface area (Å²) in [6.07, 6.45) is 4.39. The first kappa shape index (κ1) is 11.1. The van der Waals surface area contributed by atoms with Crippen molar-refractivity contribution in [1.82, 2.24) is 19.9 Å². The van der Waals surface area contributed by atoms with E-state index in [1.165, 1.54) is 12.8 Å². The molecule has 0 saturated carbocycles. The SMILES string of the molecule is CCC[C@H](C)NCc1nnc2ccccn12. The van der Waals surface area contributed by atoms with Crippen LogP contribution in [0.25, 0.3) is 5.65 Å². The summed E-state index contributed by atoms with van der Waals surface area (Å²) < 4.78 is 2.02. The molecule has 2 heterocycles. The van der Waals surface area contributed by atoms with Gasteiger partial charge in [-0.1, -0.05) is 19.4 Å². The number of nitrogens with zero attached hydrogens (tertiary/aromatic N) is 3. The van der Waals surface area contributed by atoms with E-state index >= 15 is 0 Å². The third kappa shape index (κ3) is 2.39. The molecule has 2 rings (SSSR count). The van der Waals surface area contributed by atoms with Crippen LogP contribution in [0.5, 0.6) is 0 Å². The standard InChI is InChI=1S/C12H18N4/c1-3-6-10(2)13-9-12-15-14-11-7-4-5-8-16(11)12/h4-5,7-8,10,13H,3,6,9H2,1-2H3/t10-/m0/s1. The summed E-state index contributed by atoms with van der Waals surface area (Å²) in [6.45, 7) is 5.17. The van der Waals surface area contributed by atoms with Gasteiger partial charge in [0.25, 0.3) is 0 Å². The Kier molecular flexibility index (Phi) is 3.51. The molecule has 1 atom stereocenters. The smallest absolute Gasteiger partial charge is 0.160 e. The first-order chi connectivity index (χ1) is 7.81. The van der Waals surface area contributed by atoms with E-state index < -0.39 is 0 Å². The second kappa shape index (κ2) is 5.07. The Bertz CT molecular complexity index is 449. The molecule has 4 heteroatoms. The van der Waals surface area contributed by atoms with Crippen molar-refractivity contribution in [2.24, 2.45) is 0 Å². The van der Waals surface area contributed by atoms with Gasteiger partial charge in [0.15, 0.2) is 11.5 Å². The molecule has 0 saturated heterocycles. The van der Waals surface area contributed by atoms with Gasteiger partial charge in [-0.15, -0.1) is 10.2 Å². The molecule has 0 unspecified atom stereocenters. The average Bonchev–Trinajstić information content (AvgIpc) is 2.70. The van der Waals surface area contributed by atoms with Gasteiger partial charge in [0.1, 0.15) is 0 Å². The van der Waals surface area contributed by atoms with Crippen molar-refractivity contribution < 1.29 is 0 Å². The topological polar surface area (TPSA) is 42.2 Å². The van der Waals surface area contributed by atoms with Crippen LogP contribution in [0.15, 0.2) is 24.4 Å². The van der Waals surface area contributed by atoms with E-state index in [2.05, 4.69) is 29.4 Å². The maximum atomic E-state index is 4.18. The Morgan fingerprint density at radius 2 is 2.25 bits per heavy atom. The van der Waals surface area contributed by atoms with E-state index in [1.54, 1.807) is 0 Å². The van der Waals surface area contributed by atoms with Crippen LogP contribution >= 0.6 is 0 Å². The van der Waals surface area contributed by atoms with Gasteiger partial charge in [-0.05, 0) is 25.5 Å². The summed E-state index contributed by atoms with van der Waals surface area (Å²) in [6, 6.07) is 6.46. The predicted molar refractivity (Wildman–Crippen MR) is 64.2 cm³/mol. The lowest BCUT2D eigenvalue weighted by Gasteiger charge is -2.11. The van der Waals surface area contributed by atoms with Crippen molar-refractivity contribution >= 4 is 5.65 Å². The van der Waals surface area contributed by atoms with Gasteiger partial charge in [0.05, 0.1) is 6.54 Å². The van der Waals surface area contributed by atoms with E-state index in [-0.39, 0.29) is 0 Å². The molecule has 86 valence electrons. The first-order valence-corrected chi connectivity index (χ1v) is 5.83. The number of nitrogens with one attached hydrogen (secondary N) is 1. The van der Waals surface area contributed by atoms with Gasteiger partial charge in [-0.2, -0.15) is 0 Å². The highest BCUT2D eigenvalue weighted by Crippen LogP contribution is 2.03. The van der Waals surface area contributed by atoms with E-state index in [9.17, 15) is 0 Å². The first-order valence-electron chi connectivity index (χ1n) is 5.83. The summed E-state index contributed by atoms with van der Waals surface area (Å²) in [5, 5.41) is 11.7. The molecule has 0 aliphatic heterocycles. The summed E-state index contributed by atoms with van der Waals surface area (Å²) in [7, 11) is 0. The number of rotatable bonds is 5. The van der Waals surface area contributed by atoms with Gasteiger partial charge < -0.3 is 5.32 Å².